The molecule has 0 aliphatic carbocycles. The molecule has 5 nitrogen and oxygen atoms in total. The topological polar surface area (TPSA) is 58.4 Å². The zero-order valence-corrected chi connectivity index (χ0v) is 9.91. The molecule has 0 saturated carbocycles. The predicted molar refractivity (Wildman–Crippen MR) is 59.3 cm³/mol. The van der Waals surface area contributed by atoms with Gasteiger partial charge < -0.3 is 14.6 Å². The van der Waals surface area contributed by atoms with Crippen LogP contribution in [0.3, 0.4) is 0 Å². The number of hydrogen-bond acceptors (Lipinski definition) is 4. The lowest BCUT2D eigenvalue weighted by Crippen LogP contribution is -2.52. The van der Waals surface area contributed by atoms with E-state index in [1.807, 2.05) is 11.8 Å². The Labute approximate surface area is 94.8 Å². The number of rotatable bonds is 1. The average molecular weight is 223 g/mol. The van der Waals surface area contributed by atoms with Gasteiger partial charge in [0.1, 0.15) is 0 Å². The minimum absolute atomic E-state index is 0.0490. The normalized spacial score (nSPS) is 21.2. The van der Waals surface area contributed by atoms with Gasteiger partial charge >= 0.3 is 0 Å². The molecule has 0 aromatic carbocycles. The zero-order chi connectivity index (χ0) is 11.7. The van der Waals surface area contributed by atoms with Crippen LogP contribution in [0.4, 0.5) is 0 Å². The fourth-order valence-corrected chi connectivity index (χ4v) is 2.00. The summed E-state index contributed by atoms with van der Waals surface area (Å²) in [5, 5.41) is 3.25. The Morgan fingerprint density at radius 1 is 1.56 bits per heavy atom. The predicted octanol–water partition coefficient (Wildman–Crippen LogP) is 0.725. The second-order valence-electron chi connectivity index (χ2n) is 4.20. The van der Waals surface area contributed by atoms with Crippen molar-refractivity contribution in [2.45, 2.75) is 26.8 Å². The van der Waals surface area contributed by atoms with E-state index >= 15 is 0 Å². The lowest BCUT2D eigenvalue weighted by atomic mass is 10.2. The number of carbonyl (C=O) groups is 1. The largest absolute Gasteiger partial charge is 0.436 e. The van der Waals surface area contributed by atoms with Crippen LogP contribution in [0.15, 0.2) is 4.42 Å². The van der Waals surface area contributed by atoms with E-state index in [4.69, 9.17) is 4.42 Å². The third kappa shape index (κ3) is 1.95. The summed E-state index contributed by atoms with van der Waals surface area (Å²) in [7, 11) is 0. The van der Waals surface area contributed by atoms with Gasteiger partial charge in [-0.1, -0.05) is 0 Å². The van der Waals surface area contributed by atoms with Crippen LogP contribution in [0.5, 0.6) is 0 Å². The quantitative estimate of drug-likeness (QED) is 0.762. The molecule has 1 fully saturated rings. The molecule has 1 aliphatic rings. The molecule has 5 heteroatoms. The van der Waals surface area contributed by atoms with E-state index in [-0.39, 0.29) is 11.9 Å². The van der Waals surface area contributed by atoms with Crippen molar-refractivity contribution in [1.82, 2.24) is 15.2 Å². The van der Waals surface area contributed by atoms with Gasteiger partial charge in [0.25, 0.3) is 5.91 Å². The Balaban J connectivity index is 2.21. The van der Waals surface area contributed by atoms with Crippen molar-refractivity contribution in [3.8, 4) is 0 Å². The Kier molecular flexibility index (Phi) is 2.96. The van der Waals surface area contributed by atoms with Crippen LogP contribution in [0.1, 0.15) is 29.1 Å². The highest BCUT2D eigenvalue weighted by Crippen LogP contribution is 2.15. The Hall–Kier alpha value is -1.36. The van der Waals surface area contributed by atoms with Gasteiger partial charge in [-0.3, -0.25) is 4.79 Å². The molecule has 1 aromatic rings. The molecular formula is C11H17N3O2. The minimum Gasteiger partial charge on any atom is -0.436 e. The maximum Gasteiger partial charge on any atom is 0.291 e. The molecule has 0 spiro atoms. The summed E-state index contributed by atoms with van der Waals surface area (Å²) in [6.07, 6.45) is 0. The number of aromatic nitrogens is 1. The molecule has 2 rings (SSSR count). The third-order valence-corrected chi connectivity index (χ3v) is 2.86. The maximum absolute atomic E-state index is 12.2. The number of piperazine rings is 1. The second kappa shape index (κ2) is 4.25. The monoisotopic (exact) mass is 223 g/mol. The summed E-state index contributed by atoms with van der Waals surface area (Å²) in [6.45, 7) is 7.98. The minimum atomic E-state index is -0.0490. The first kappa shape index (κ1) is 11.1. The Bertz CT molecular complexity index is 400. The molecule has 1 aliphatic heterocycles. The molecule has 0 unspecified atom stereocenters. The maximum atomic E-state index is 12.2. The van der Waals surface area contributed by atoms with Gasteiger partial charge in [0.2, 0.25) is 5.76 Å². The zero-order valence-electron chi connectivity index (χ0n) is 9.91. The standard InChI is InChI=1S/C11H17N3O2/c1-7-6-12-4-5-14(7)11(15)10-8(2)13-9(3)16-10/h7,12H,4-6H2,1-3H3/t7-/m0/s1. The van der Waals surface area contributed by atoms with Crippen LogP contribution in [0.2, 0.25) is 0 Å². The van der Waals surface area contributed by atoms with Gasteiger partial charge in [-0.15, -0.1) is 0 Å². The number of oxazole rings is 1. The summed E-state index contributed by atoms with van der Waals surface area (Å²) in [4.78, 5) is 18.2. The number of amides is 1. The lowest BCUT2D eigenvalue weighted by Gasteiger charge is -2.33. The summed E-state index contributed by atoms with van der Waals surface area (Å²) in [5.41, 5.74) is 0.674. The molecule has 1 amide bonds. The van der Waals surface area contributed by atoms with Gasteiger partial charge in [-0.2, -0.15) is 0 Å². The van der Waals surface area contributed by atoms with E-state index in [1.54, 1.807) is 13.8 Å². The Morgan fingerprint density at radius 2 is 2.31 bits per heavy atom. The van der Waals surface area contributed by atoms with Crippen molar-refractivity contribution in [3.63, 3.8) is 0 Å². The van der Waals surface area contributed by atoms with E-state index in [9.17, 15) is 4.79 Å². The van der Waals surface area contributed by atoms with Crippen molar-refractivity contribution in [1.29, 1.82) is 0 Å². The molecule has 16 heavy (non-hydrogen) atoms. The van der Waals surface area contributed by atoms with Gasteiger partial charge in [0, 0.05) is 32.6 Å². The smallest absolute Gasteiger partial charge is 0.291 e. The number of aryl methyl sites for hydroxylation is 2. The van der Waals surface area contributed by atoms with Crippen LogP contribution in [0, 0.1) is 13.8 Å². The highest BCUT2D eigenvalue weighted by molar-refractivity contribution is 5.92. The van der Waals surface area contributed by atoms with Crippen molar-refractivity contribution >= 4 is 5.91 Å². The van der Waals surface area contributed by atoms with E-state index in [0.29, 0.717) is 17.3 Å². The van der Waals surface area contributed by atoms with Gasteiger partial charge in [0.15, 0.2) is 5.89 Å². The summed E-state index contributed by atoms with van der Waals surface area (Å²) < 4.78 is 5.35. The molecule has 1 N–H and O–H groups in total. The molecule has 1 aromatic heterocycles. The summed E-state index contributed by atoms with van der Waals surface area (Å²) in [5.74, 6) is 0.877. The third-order valence-electron chi connectivity index (χ3n) is 2.86. The lowest BCUT2D eigenvalue weighted by molar-refractivity contribution is 0.0620. The molecule has 1 atom stereocenters. The highest BCUT2D eigenvalue weighted by atomic mass is 16.4. The molecule has 88 valence electrons. The number of nitrogens with zero attached hydrogens (tertiary/aromatic N) is 2. The number of hydrogen-bond donors (Lipinski definition) is 1. The Morgan fingerprint density at radius 3 is 2.88 bits per heavy atom. The fourth-order valence-electron chi connectivity index (χ4n) is 2.00. The van der Waals surface area contributed by atoms with E-state index in [1.165, 1.54) is 0 Å². The molecule has 1 saturated heterocycles. The van der Waals surface area contributed by atoms with Crippen LogP contribution in [-0.4, -0.2) is 41.5 Å². The first-order valence-corrected chi connectivity index (χ1v) is 5.55. The van der Waals surface area contributed by atoms with Crippen molar-refractivity contribution in [2.75, 3.05) is 19.6 Å². The first-order chi connectivity index (χ1) is 7.59. The second-order valence-corrected chi connectivity index (χ2v) is 4.20. The SMILES string of the molecule is Cc1nc(C)c(C(=O)N2CCNC[C@@H]2C)o1. The average Bonchev–Trinajstić information content (AvgIpc) is 2.58. The highest BCUT2D eigenvalue weighted by Gasteiger charge is 2.27. The van der Waals surface area contributed by atoms with Crippen molar-refractivity contribution in [3.05, 3.63) is 17.3 Å². The number of nitrogens with one attached hydrogen (secondary N) is 1. The van der Waals surface area contributed by atoms with E-state index in [0.717, 1.165) is 19.6 Å². The van der Waals surface area contributed by atoms with Crippen LogP contribution in [-0.2, 0) is 0 Å². The molecule has 2 heterocycles. The van der Waals surface area contributed by atoms with Crippen molar-refractivity contribution in [2.24, 2.45) is 0 Å². The molecular weight excluding hydrogens is 206 g/mol. The molecule has 0 bridgehead atoms. The van der Waals surface area contributed by atoms with Gasteiger partial charge in [0.05, 0.1) is 5.69 Å². The molecule has 0 radical (unpaired) electrons. The number of carbonyl (C=O) groups excluding carboxylic acids is 1. The van der Waals surface area contributed by atoms with Crippen molar-refractivity contribution < 1.29 is 9.21 Å². The van der Waals surface area contributed by atoms with E-state index < -0.39 is 0 Å². The van der Waals surface area contributed by atoms with E-state index in [2.05, 4.69) is 10.3 Å². The van der Waals surface area contributed by atoms with Crippen LogP contribution in [0.25, 0.3) is 0 Å². The van der Waals surface area contributed by atoms with Gasteiger partial charge in [-0.25, -0.2) is 4.98 Å². The van der Waals surface area contributed by atoms with Crippen LogP contribution < -0.4 is 5.32 Å². The first-order valence-electron chi connectivity index (χ1n) is 5.55. The van der Waals surface area contributed by atoms with Crippen LogP contribution >= 0.6 is 0 Å². The summed E-state index contributed by atoms with van der Waals surface area (Å²) in [6, 6.07) is 0.200. The summed E-state index contributed by atoms with van der Waals surface area (Å²) >= 11 is 0. The van der Waals surface area contributed by atoms with Gasteiger partial charge in [-0.05, 0) is 13.8 Å². The fraction of sp³-hybridized carbons (Fsp3) is 0.636.